The number of urea groups is 1. The van der Waals surface area contributed by atoms with Gasteiger partial charge in [-0.3, -0.25) is 0 Å². The van der Waals surface area contributed by atoms with E-state index in [4.69, 9.17) is 4.42 Å². The Kier molecular flexibility index (Phi) is 6.13. The van der Waals surface area contributed by atoms with Crippen LogP contribution in [-0.2, 0) is 5.75 Å². The number of benzene rings is 1. The number of halogens is 2. The van der Waals surface area contributed by atoms with Crippen LogP contribution < -0.4 is 10.6 Å². The lowest BCUT2D eigenvalue weighted by Crippen LogP contribution is -2.30. The summed E-state index contributed by atoms with van der Waals surface area (Å²) in [7, 11) is 0. The van der Waals surface area contributed by atoms with Gasteiger partial charge in [-0.05, 0) is 30.3 Å². The number of furan rings is 1. The van der Waals surface area contributed by atoms with E-state index in [9.17, 15) is 9.18 Å². The quantitative estimate of drug-likeness (QED) is 0.745. The third kappa shape index (κ3) is 5.43. The maximum Gasteiger partial charge on any atom is 0.319 e. The molecule has 4 nitrogen and oxygen atoms in total. The molecule has 0 bridgehead atoms. The highest BCUT2D eigenvalue weighted by molar-refractivity contribution is 9.10. The van der Waals surface area contributed by atoms with Crippen molar-refractivity contribution in [3.63, 3.8) is 0 Å². The summed E-state index contributed by atoms with van der Waals surface area (Å²) in [6.45, 7) is 0.495. The minimum Gasteiger partial charge on any atom is -0.468 e. The van der Waals surface area contributed by atoms with Gasteiger partial charge in [-0.25, -0.2) is 9.18 Å². The average Bonchev–Trinajstić information content (AvgIpc) is 2.95. The Hall–Kier alpha value is -1.47. The topological polar surface area (TPSA) is 54.3 Å². The molecule has 0 saturated carbocycles. The summed E-state index contributed by atoms with van der Waals surface area (Å²) in [6.07, 6.45) is 1.63. The molecule has 0 fully saturated rings. The Labute approximate surface area is 134 Å². The molecule has 112 valence electrons. The van der Waals surface area contributed by atoms with E-state index in [2.05, 4.69) is 26.6 Å². The Morgan fingerprint density at radius 1 is 1.38 bits per heavy atom. The lowest BCUT2D eigenvalue weighted by Gasteiger charge is -2.08. The molecule has 0 spiro atoms. The van der Waals surface area contributed by atoms with Crippen LogP contribution in [0.25, 0.3) is 0 Å². The maximum absolute atomic E-state index is 13.5. The molecule has 0 atom stereocenters. The van der Waals surface area contributed by atoms with Crippen molar-refractivity contribution >= 4 is 39.4 Å². The van der Waals surface area contributed by atoms with Gasteiger partial charge < -0.3 is 15.1 Å². The van der Waals surface area contributed by atoms with Crippen molar-refractivity contribution in [2.75, 3.05) is 17.6 Å². The molecule has 2 aromatic rings. The Morgan fingerprint density at radius 3 is 2.95 bits per heavy atom. The van der Waals surface area contributed by atoms with Crippen LogP contribution in [0.15, 0.2) is 45.5 Å². The molecule has 0 unspecified atom stereocenters. The van der Waals surface area contributed by atoms with Crippen molar-refractivity contribution in [1.29, 1.82) is 0 Å². The Bertz CT molecular complexity index is 593. The van der Waals surface area contributed by atoms with Gasteiger partial charge in [0.15, 0.2) is 0 Å². The van der Waals surface area contributed by atoms with Crippen LogP contribution in [0.1, 0.15) is 5.76 Å². The normalized spacial score (nSPS) is 10.4. The molecule has 2 N–H and O–H groups in total. The highest BCUT2D eigenvalue weighted by atomic mass is 79.9. The molecular weight excluding hydrogens is 359 g/mol. The molecule has 1 aromatic heterocycles. The number of hydrogen-bond acceptors (Lipinski definition) is 3. The smallest absolute Gasteiger partial charge is 0.319 e. The molecule has 0 saturated heterocycles. The first kappa shape index (κ1) is 15.9. The highest BCUT2D eigenvalue weighted by Crippen LogP contribution is 2.19. The van der Waals surface area contributed by atoms with E-state index in [0.717, 1.165) is 17.3 Å². The molecule has 1 heterocycles. The minimum absolute atomic E-state index is 0.152. The summed E-state index contributed by atoms with van der Waals surface area (Å²) >= 11 is 4.81. The van der Waals surface area contributed by atoms with Crippen LogP contribution in [0.3, 0.4) is 0 Å². The Morgan fingerprint density at radius 2 is 2.24 bits per heavy atom. The van der Waals surface area contributed by atoms with Crippen LogP contribution in [0.5, 0.6) is 0 Å². The number of amides is 2. The fraction of sp³-hybridized carbons (Fsp3) is 0.214. The van der Waals surface area contributed by atoms with Gasteiger partial charge in [0.1, 0.15) is 11.6 Å². The standard InChI is InChI=1S/C14H14BrFN2O2S/c15-10-3-4-13(12(16)8-10)18-14(19)17-5-7-21-9-11-2-1-6-20-11/h1-4,6,8H,5,7,9H2,(H2,17,18,19). The van der Waals surface area contributed by atoms with Gasteiger partial charge in [0, 0.05) is 16.8 Å². The largest absolute Gasteiger partial charge is 0.468 e. The van der Waals surface area contributed by atoms with Crippen LogP contribution in [0, 0.1) is 5.82 Å². The second-order valence-corrected chi connectivity index (χ2v) is 6.16. The summed E-state index contributed by atoms with van der Waals surface area (Å²) in [6, 6.07) is 7.80. The maximum atomic E-state index is 13.5. The van der Waals surface area contributed by atoms with E-state index in [1.165, 1.54) is 12.1 Å². The summed E-state index contributed by atoms with van der Waals surface area (Å²) in [5, 5.41) is 5.14. The number of anilines is 1. The molecule has 2 amide bonds. The first-order valence-corrected chi connectivity index (χ1v) is 8.20. The SMILES string of the molecule is O=C(NCCSCc1ccco1)Nc1ccc(Br)cc1F. The highest BCUT2D eigenvalue weighted by Gasteiger charge is 2.06. The summed E-state index contributed by atoms with van der Waals surface area (Å²) < 4.78 is 19.3. The lowest BCUT2D eigenvalue weighted by molar-refractivity contribution is 0.252. The van der Waals surface area contributed by atoms with E-state index < -0.39 is 11.8 Å². The molecule has 0 aliphatic carbocycles. The van der Waals surface area contributed by atoms with Crippen molar-refractivity contribution in [2.45, 2.75) is 5.75 Å². The summed E-state index contributed by atoms with van der Waals surface area (Å²) in [5.74, 6) is 1.93. The van der Waals surface area contributed by atoms with Crippen LogP contribution in [-0.4, -0.2) is 18.3 Å². The molecule has 2 rings (SSSR count). The zero-order valence-electron chi connectivity index (χ0n) is 11.1. The van der Waals surface area contributed by atoms with Crippen molar-refractivity contribution in [1.82, 2.24) is 5.32 Å². The van der Waals surface area contributed by atoms with Gasteiger partial charge in [0.25, 0.3) is 0 Å². The number of carbonyl (C=O) groups is 1. The number of rotatable bonds is 6. The minimum atomic E-state index is -0.480. The molecule has 0 aliphatic rings. The number of thioether (sulfide) groups is 1. The zero-order valence-corrected chi connectivity index (χ0v) is 13.5. The van der Waals surface area contributed by atoms with E-state index in [1.54, 1.807) is 24.1 Å². The van der Waals surface area contributed by atoms with Crippen molar-refractivity contribution in [3.8, 4) is 0 Å². The molecule has 7 heteroatoms. The van der Waals surface area contributed by atoms with Gasteiger partial charge in [-0.15, -0.1) is 0 Å². The van der Waals surface area contributed by atoms with E-state index >= 15 is 0 Å². The number of nitrogens with one attached hydrogen (secondary N) is 2. The first-order valence-electron chi connectivity index (χ1n) is 6.25. The van der Waals surface area contributed by atoms with Gasteiger partial charge in [0.05, 0.1) is 17.7 Å². The van der Waals surface area contributed by atoms with Crippen LogP contribution in [0.2, 0.25) is 0 Å². The molecule has 0 aliphatic heterocycles. The number of hydrogen-bond donors (Lipinski definition) is 2. The molecular formula is C14H14BrFN2O2S. The fourth-order valence-electron chi connectivity index (χ4n) is 1.56. The van der Waals surface area contributed by atoms with Gasteiger partial charge in [-0.1, -0.05) is 15.9 Å². The summed E-state index contributed by atoms with van der Waals surface area (Å²) in [4.78, 5) is 11.6. The third-order valence-corrected chi connectivity index (χ3v) is 4.01. The van der Waals surface area contributed by atoms with Gasteiger partial charge in [0.2, 0.25) is 0 Å². The lowest BCUT2D eigenvalue weighted by atomic mass is 10.3. The fourth-order valence-corrected chi connectivity index (χ4v) is 2.65. The van der Waals surface area contributed by atoms with E-state index in [-0.39, 0.29) is 5.69 Å². The molecule has 1 aromatic carbocycles. The second kappa shape index (κ2) is 8.09. The third-order valence-electron chi connectivity index (χ3n) is 2.54. The van der Waals surface area contributed by atoms with E-state index in [1.807, 2.05) is 12.1 Å². The average molecular weight is 373 g/mol. The van der Waals surface area contributed by atoms with Gasteiger partial charge in [-0.2, -0.15) is 11.8 Å². The van der Waals surface area contributed by atoms with Crippen molar-refractivity contribution < 1.29 is 13.6 Å². The Balaban J connectivity index is 1.65. The monoisotopic (exact) mass is 372 g/mol. The number of carbonyl (C=O) groups excluding carboxylic acids is 1. The first-order chi connectivity index (χ1) is 10.1. The van der Waals surface area contributed by atoms with Crippen LogP contribution in [0.4, 0.5) is 14.9 Å². The van der Waals surface area contributed by atoms with Crippen molar-refractivity contribution in [3.05, 3.63) is 52.6 Å². The predicted molar refractivity (Wildman–Crippen MR) is 86.0 cm³/mol. The molecule has 0 radical (unpaired) electrons. The zero-order chi connectivity index (χ0) is 15.1. The summed E-state index contributed by atoms with van der Waals surface area (Å²) in [5.41, 5.74) is 0.152. The van der Waals surface area contributed by atoms with Crippen LogP contribution >= 0.6 is 27.7 Å². The van der Waals surface area contributed by atoms with E-state index in [0.29, 0.717) is 11.0 Å². The molecule has 21 heavy (non-hydrogen) atoms. The predicted octanol–water partition coefficient (Wildman–Crippen LogP) is 4.24. The second-order valence-electron chi connectivity index (χ2n) is 4.14. The van der Waals surface area contributed by atoms with Crippen molar-refractivity contribution in [2.24, 2.45) is 0 Å². The van der Waals surface area contributed by atoms with Gasteiger partial charge >= 0.3 is 6.03 Å².